The Hall–Kier alpha value is -1.66. The molecule has 0 aliphatic rings. The van der Waals surface area contributed by atoms with Gasteiger partial charge in [0.2, 0.25) is 5.65 Å². The van der Waals surface area contributed by atoms with Gasteiger partial charge in [0.15, 0.2) is 0 Å². The lowest BCUT2D eigenvalue weighted by Crippen LogP contribution is -1.89. The van der Waals surface area contributed by atoms with Gasteiger partial charge in [0, 0.05) is 6.20 Å². The highest BCUT2D eigenvalue weighted by molar-refractivity contribution is 7.79. The van der Waals surface area contributed by atoms with E-state index >= 15 is 0 Å². The second-order valence-corrected chi connectivity index (χ2v) is 3.01. The van der Waals surface area contributed by atoms with Gasteiger partial charge >= 0.3 is 10.4 Å². The lowest BCUT2D eigenvalue weighted by atomic mass is 10.4. The number of aromatic amines is 1. The van der Waals surface area contributed by atoms with E-state index in [1.165, 1.54) is 0 Å². The molecule has 11 heteroatoms. The summed E-state index contributed by atoms with van der Waals surface area (Å²) in [5.41, 5.74) is 1.47. The molecule has 0 saturated heterocycles. The molecule has 0 atom stereocenters. The van der Waals surface area contributed by atoms with E-state index in [0.717, 1.165) is 5.52 Å². The zero-order valence-corrected chi connectivity index (χ0v) is 8.53. The largest absolute Gasteiger partial charge is 0.394 e. The molecule has 0 aliphatic carbocycles. The SMILES string of the molecule is NO.O=S(=O)(O)O.c1cnc2n[nH]nc2c1. The average Bonchev–Trinajstić information content (AvgIpc) is 2.66. The number of nitrogens with zero attached hydrogens (tertiary/aromatic N) is 3. The summed E-state index contributed by atoms with van der Waals surface area (Å²) in [4.78, 5) is 3.94. The molecule has 2 heterocycles. The van der Waals surface area contributed by atoms with Crippen LogP contribution in [0.25, 0.3) is 11.2 Å². The normalized spacial score (nSPS) is 9.75. The zero-order valence-electron chi connectivity index (χ0n) is 7.72. The van der Waals surface area contributed by atoms with Crippen molar-refractivity contribution in [3.63, 3.8) is 0 Å². The summed E-state index contributed by atoms with van der Waals surface area (Å²) in [6.07, 6.45) is 1.69. The van der Waals surface area contributed by atoms with E-state index in [2.05, 4.69) is 26.3 Å². The van der Waals surface area contributed by atoms with E-state index in [1.54, 1.807) is 6.20 Å². The maximum Gasteiger partial charge on any atom is 0.394 e. The first kappa shape index (κ1) is 14.3. The highest BCUT2D eigenvalue weighted by Crippen LogP contribution is 1.99. The third-order valence-electron chi connectivity index (χ3n) is 1.09. The van der Waals surface area contributed by atoms with Gasteiger partial charge in [0.25, 0.3) is 0 Å². The Bertz CT molecular complexity index is 472. The van der Waals surface area contributed by atoms with Crippen molar-refractivity contribution < 1.29 is 22.7 Å². The number of rotatable bonds is 0. The number of nitrogens with one attached hydrogen (secondary N) is 1. The smallest absolute Gasteiger partial charge is 0.320 e. The molecule has 0 unspecified atom stereocenters. The summed E-state index contributed by atoms with van der Waals surface area (Å²) in [6, 6.07) is 3.68. The fraction of sp³-hybridized carbons (Fsp3) is 0. The Morgan fingerprint density at radius 3 is 2.31 bits per heavy atom. The average molecular weight is 251 g/mol. The van der Waals surface area contributed by atoms with E-state index in [1.807, 2.05) is 12.1 Å². The Balaban J connectivity index is 0.000000280. The van der Waals surface area contributed by atoms with Crippen molar-refractivity contribution in [2.24, 2.45) is 5.90 Å². The van der Waals surface area contributed by atoms with Crippen molar-refractivity contribution in [3.8, 4) is 0 Å². The van der Waals surface area contributed by atoms with Gasteiger partial charge in [0.05, 0.1) is 0 Å². The lowest BCUT2D eigenvalue weighted by molar-refractivity contribution is 0.311. The molecule has 2 aromatic heterocycles. The molecule has 10 nitrogen and oxygen atoms in total. The molecule has 0 radical (unpaired) electrons. The first-order chi connectivity index (χ1) is 7.47. The maximum absolute atomic E-state index is 8.74. The Morgan fingerprint density at radius 2 is 1.81 bits per heavy atom. The molecule has 0 spiro atoms. The van der Waals surface area contributed by atoms with Crippen LogP contribution in [0.15, 0.2) is 18.3 Å². The number of hydrogen-bond acceptors (Lipinski definition) is 7. The fourth-order valence-corrected chi connectivity index (χ4v) is 0.688. The van der Waals surface area contributed by atoms with Crippen LogP contribution in [0.1, 0.15) is 0 Å². The number of hydrogen-bond donors (Lipinski definition) is 5. The number of pyridine rings is 1. The minimum atomic E-state index is -4.67. The summed E-state index contributed by atoms with van der Waals surface area (Å²) in [5.74, 6) is 3.50. The third kappa shape index (κ3) is 6.74. The summed E-state index contributed by atoms with van der Waals surface area (Å²) in [7, 11) is -4.67. The number of aromatic nitrogens is 4. The minimum Gasteiger partial charge on any atom is -0.320 e. The maximum atomic E-state index is 8.74. The summed E-state index contributed by atoms with van der Waals surface area (Å²) >= 11 is 0. The molecule has 16 heavy (non-hydrogen) atoms. The van der Waals surface area contributed by atoms with Crippen LogP contribution in [-0.4, -0.2) is 43.1 Å². The molecular weight excluding hydrogens is 242 g/mol. The van der Waals surface area contributed by atoms with E-state index in [0.29, 0.717) is 5.65 Å². The van der Waals surface area contributed by atoms with Crippen LogP contribution in [0, 0.1) is 0 Å². The molecule has 90 valence electrons. The number of H-pyrrole nitrogens is 1. The van der Waals surface area contributed by atoms with Crippen LogP contribution in [0.3, 0.4) is 0 Å². The third-order valence-corrected chi connectivity index (χ3v) is 1.09. The van der Waals surface area contributed by atoms with Crippen molar-refractivity contribution in [1.29, 1.82) is 0 Å². The van der Waals surface area contributed by atoms with Gasteiger partial charge in [-0.3, -0.25) is 9.11 Å². The van der Waals surface area contributed by atoms with Crippen LogP contribution in [0.5, 0.6) is 0 Å². The van der Waals surface area contributed by atoms with Gasteiger partial charge in [-0.05, 0) is 12.1 Å². The van der Waals surface area contributed by atoms with E-state index in [9.17, 15) is 0 Å². The van der Waals surface area contributed by atoms with E-state index in [4.69, 9.17) is 22.7 Å². The van der Waals surface area contributed by atoms with Gasteiger partial charge in [-0.25, -0.2) is 10.9 Å². The van der Waals surface area contributed by atoms with Crippen LogP contribution < -0.4 is 5.90 Å². The predicted molar refractivity (Wildman–Crippen MR) is 51.8 cm³/mol. The van der Waals surface area contributed by atoms with Crippen LogP contribution >= 0.6 is 0 Å². The zero-order chi connectivity index (χ0) is 12.6. The van der Waals surface area contributed by atoms with Crippen molar-refractivity contribution in [2.75, 3.05) is 0 Å². The number of fused-ring (bicyclic) bond motifs is 1. The van der Waals surface area contributed by atoms with Gasteiger partial charge in [-0.2, -0.15) is 18.7 Å². The van der Waals surface area contributed by atoms with Crippen molar-refractivity contribution in [1.82, 2.24) is 20.4 Å². The molecule has 0 saturated carbocycles. The fourth-order valence-electron chi connectivity index (χ4n) is 0.688. The first-order valence-electron chi connectivity index (χ1n) is 3.54. The Morgan fingerprint density at radius 1 is 1.25 bits per heavy atom. The highest BCUT2D eigenvalue weighted by Gasteiger charge is 1.92. The van der Waals surface area contributed by atoms with Crippen LogP contribution in [-0.2, 0) is 10.4 Å². The molecule has 2 rings (SSSR count). The minimum absolute atomic E-state index is 0.664. The van der Waals surface area contributed by atoms with Crippen LogP contribution in [0.2, 0.25) is 0 Å². The van der Waals surface area contributed by atoms with Gasteiger partial charge in [0.1, 0.15) is 5.52 Å². The standard InChI is InChI=1S/C5H4N4.H3NO.H2O4S/c1-2-4-5(6-3-1)8-9-7-4;1-2;1-5(2,3)4/h1-3H,(H,6,7,8,9);2H,1H2;(H2,1,2,3,4). The topological polar surface area (TPSA) is 175 Å². The molecular formula is C5H9N5O5S. The first-order valence-corrected chi connectivity index (χ1v) is 4.94. The second kappa shape index (κ2) is 6.76. The molecule has 2 aromatic rings. The molecule has 0 fully saturated rings. The predicted octanol–water partition coefficient (Wildman–Crippen LogP) is -0.966. The molecule has 0 aromatic carbocycles. The Labute approximate surface area is 89.6 Å². The number of nitrogens with two attached hydrogens (primary N) is 1. The van der Waals surface area contributed by atoms with Crippen molar-refractivity contribution in [3.05, 3.63) is 18.3 Å². The summed E-state index contributed by atoms with van der Waals surface area (Å²) in [6.45, 7) is 0. The molecule has 0 aliphatic heterocycles. The van der Waals surface area contributed by atoms with Crippen molar-refractivity contribution in [2.45, 2.75) is 0 Å². The summed E-state index contributed by atoms with van der Waals surface area (Å²) in [5, 5.41) is 16.6. The quantitative estimate of drug-likeness (QED) is 0.291. The van der Waals surface area contributed by atoms with Gasteiger partial charge in [-0.15, -0.1) is 5.10 Å². The lowest BCUT2D eigenvalue weighted by Gasteiger charge is -1.77. The molecule has 6 N–H and O–H groups in total. The Kier molecular flexibility index (Phi) is 6.06. The summed E-state index contributed by atoms with van der Waals surface area (Å²) < 4.78 is 31.6. The second-order valence-electron chi connectivity index (χ2n) is 2.12. The highest BCUT2D eigenvalue weighted by atomic mass is 32.3. The van der Waals surface area contributed by atoms with Crippen LogP contribution in [0.4, 0.5) is 0 Å². The monoisotopic (exact) mass is 251 g/mol. The molecule has 0 bridgehead atoms. The van der Waals surface area contributed by atoms with Gasteiger partial charge < -0.3 is 5.21 Å². The van der Waals surface area contributed by atoms with E-state index < -0.39 is 10.4 Å². The molecule has 0 amide bonds. The van der Waals surface area contributed by atoms with Crippen molar-refractivity contribution >= 4 is 21.6 Å². The van der Waals surface area contributed by atoms with Gasteiger partial charge in [-0.1, -0.05) is 0 Å². The van der Waals surface area contributed by atoms with E-state index in [-0.39, 0.29) is 0 Å².